The van der Waals surface area contributed by atoms with Gasteiger partial charge in [0.1, 0.15) is 11.4 Å². The third-order valence-corrected chi connectivity index (χ3v) is 4.98. The van der Waals surface area contributed by atoms with Gasteiger partial charge < -0.3 is 4.98 Å². The van der Waals surface area contributed by atoms with E-state index in [1.807, 2.05) is 42.6 Å². The lowest BCUT2D eigenvalue weighted by Crippen LogP contribution is -1.88. The smallest absolute Gasteiger partial charge is 0.159 e. The molecule has 0 unspecified atom stereocenters. The van der Waals surface area contributed by atoms with Crippen LogP contribution in [0.5, 0.6) is 0 Å². The molecule has 0 radical (unpaired) electrons. The van der Waals surface area contributed by atoms with Crippen molar-refractivity contribution >= 4 is 21.9 Å². The van der Waals surface area contributed by atoms with Gasteiger partial charge in [-0.2, -0.15) is 5.10 Å². The van der Waals surface area contributed by atoms with Gasteiger partial charge >= 0.3 is 0 Å². The minimum Gasteiger partial charge on any atom is -0.337 e. The van der Waals surface area contributed by atoms with Crippen LogP contribution in [0.15, 0.2) is 73.6 Å². The fraction of sp³-hybridized carbons (Fsp3) is 0. The molecule has 30 heavy (non-hydrogen) atoms. The van der Waals surface area contributed by atoms with Crippen molar-refractivity contribution in [2.45, 2.75) is 0 Å². The average Bonchev–Trinajstić information content (AvgIpc) is 3.43. The van der Waals surface area contributed by atoms with Gasteiger partial charge in [-0.3, -0.25) is 25.0 Å². The lowest BCUT2D eigenvalue weighted by atomic mass is 10.1. The number of H-pyrrole nitrogens is 2. The van der Waals surface area contributed by atoms with E-state index in [0.717, 1.165) is 44.5 Å². The van der Waals surface area contributed by atoms with Gasteiger partial charge in [-0.25, -0.2) is 4.98 Å². The maximum absolute atomic E-state index is 4.87. The first-order chi connectivity index (χ1) is 14.9. The van der Waals surface area contributed by atoms with E-state index in [0.29, 0.717) is 11.5 Å². The fourth-order valence-corrected chi connectivity index (χ4v) is 3.57. The van der Waals surface area contributed by atoms with Crippen molar-refractivity contribution in [2.24, 2.45) is 0 Å². The highest BCUT2D eigenvalue weighted by Crippen LogP contribution is 2.31. The van der Waals surface area contributed by atoms with E-state index in [-0.39, 0.29) is 0 Å². The van der Waals surface area contributed by atoms with Crippen molar-refractivity contribution in [2.75, 3.05) is 0 Å². The molecule has 0 aliphatic heterocycles. The Morgan fingerprint density at radius 3 is 2.60 bits per heavy atom. The number of hydrogen-bond acceptors (Lipinski definition) is 6. The monoisotopic (exact) mass is 390 g/mol. The number of imidazole rings is 1. The lowest BCUT2D eigenvalue weighted by Gasteiger charge is -2.01. The van der Waals surface area contributed by atoms with Gasteiger partial charge in [0.05, 0.1) is 34.6 Å². The summed E-state index contributed by atoms with van der Waals surface area (Å²) in [5.74, 6) is 0.684. The van der Waals surface area contributed by atoms with Gasteiger partial charge in [0, 0.05) is 41.3 Å². The zero-order chi connectivity index (χ0) is 19.9. The molecule has 8 heteroatoms. The maximum Gasteiger partial charge on any atom is 0.159 e. The molecule has 0 fully saturated rings. The molecule has 0 amide bonds. The maximum atomic E-state index is 4.87. The van der Waals surface area contributed by atoms with Crippen molar-refractivity contribution in [1.29, 1.82) is 0 Å². The molecular formula is C22H14N8. The Morgan fingerprint density at radius 1 is 0.767 bits per heavy atom. The summed E-state index contributed by atoms with van der Waals surface area (Å²) >= 11 is 0. The second kappa shape index (κ2) is 6.56. The molecule has 0 saturated carbocycles. The minimum absolute atomic E-state index is 0.684. The molecule has 0 atom stereocenters. The van der Waals surface area contributed by atoms with Gasteiger partial charge in [0.15, 0.2) is 5.82 Å². The quantitative estimate of drug-likeness (QED) is 0.472. The Hall–Kier alpha value is -4.46. The first-order valence-corrected chi connectivity index (χ1v) is 9.37. The summed E-state index contributed by atoms with van der Waals surface area (Å²) in [7, 11) is 0. The second-order valence-electron chi connectivity index (χ2n) is 6.81. The van der Waals surface area contributed by atoms with E-state index in [2.05, 4.69) is 35.1 Å². The number of rotatable bonds is 3. The van der Waals surface area contributed by atoms with Gasteiger partial charge in [-0.1, -0.05) is 18.2 Å². The van der Waals surface area contributed by atoms with Crippen LogP contribution in [-0.4, -0.2) is 40.1 Å². The fourth-order valence-electron chi connectivity index (χ4n) is 3.57. The molecule has 0 aliphatic carbocycles. The Morgan fingerprint density at radius 2 is 1.73 bits per heavy atom. The van der Waals surface area contributed by atoms with Crippen LogP contribution >= 0.6 is 0 Å². The van der Waals surface area contributed by atoms with Crippen LogP contribution < -0.4 is 0 Å². The lowest BCUT2D eigenvalue weighted by molar-refractivity contribution is 1.10. The number of benzene rings is 1. The van der Waals surface area contributed by atoms with Crippen LogP contribution in [0, 0.1) is 0 Å². The SMILES string of the molecule is c1cncc(-c2cccc3[nH]c(-c4n[nH]c5cnc(-c6cnccn6)cc45)nc23)c1. The summed E-state index contributed by atoms with van der Waals surface area (Å²) < 4.78 is 0. The summed E-state index contributed by atoms with van der Waals surface area (Å²) in [4.78, 5) is 25.4. The van der Waals surface area contributed by atoms with Gasteiger partial charge in [-0.15, -0.1) is 0 Å². The Bertz CT molecular complexity index is 1490. The van der Waals surface area contributed by atoms with Crippen LogP contribution in [0.4, 0.5) is 0 Å². The predicted molar refractivity (Wildman–Crippen MR) is 113 cm³/mol. The number of aromatic nitrogens is 8. The van der Waals surface area contributed by atoms with Crippen LogP contribution in [-0.2, 0) is 0 Å². The van der Waals surface area contributed by atoms with E-state index >= 15 is 0 Å². The normalized spacial score (nSPS) is 11.3. The minimum atomic E-state index is 0.684. The van der Waals surface area contributed by atoms with Crippen molar-refractivity contribution in [3.05, 3.63) is 73.6 Å². The third-order valence-electron chi connectivity index (χ3n) is 4.98. The highest BCUT2D eigenvalue weighted by molar-refractivity contribution is 5.97. The van der Waals surface area contributed by atoms with Gasteiger partial charge in [0.2, 0.25) is 0 Å². The highest BCUT2D eigenvalue weighted by atomic mass is 15.1. The summed E-state index contributed by atoms with van der Waals surface area (Å²) in [5.41, 5.74) is 6.83. The van der Waals surface area contributed by atoms with Gasteiger partial charge in [-0.05, 0) is 18.2 Å². The molecule has 1 aromatic carbocycles. The summed E-state index contributed by atoms with van der Waals surface area (Å²) in [6.45, 7) is 0. The molecule has 0 saturated heterocycles. The van der Waals surface area contributed by atoms with Crippen molar-refractivity contribution in [3.8, 4) is 34.0 Å². The number of hydrogen-bond donors (Lipinski definition) is 2. The van der Waals surface area contributed by atoms with Crippen molar-refractivity contribution in [3.63, 3.8) is 0 Å². The molecule has 6 rings (SSSR count). The van der Waals surface area contributed by atoms with Crippen LogP contribution in [0.25, 0.3) is 56.0 Å². The van der Waals surface area contributed by atoms with E-state index in [4.69, 9.17) is 4.98 Å². The number of nitrogens with zero attached hydrogens (tertiary/aromatic N) is 6. The molecule has 0 spiro atoms. The largest absolute Gasteiger partial charge is 0.337 e. The van der Waals surface area contributed by atoms with Crippen LogP contribution in [0.2, 0.25) is 0 Å². The third kappa shape index (κ3) is 2.62. The van der Waals surface area contributed by atoms with E-state index in [1.165, 1.54) is 0 Å². The summed E-state index contributed by atoms with van der Waals surface area (Å²) in [5, 5.41) is 8.44. The molecule has 5 aromatic heterocycles. The number of fused-ring (bicyclic) bond motifs is 2. The molecule has 8 nitrogen and oxygen atoms in total. The Labute approximate surface area is 170 Å². The average molecular weight is 390 g/mol. The van der Waals surface area contributed by atoms with Crippen molar-refractivity contribution < 1.29 is 0 Å². The molecule has 2 N–H and O–H groups in total. The standard InChI is InChI=1S/C22H14N8/c1-4-14(13-3-2-6-23-10-13)20-16(5-1)27-22(28-20)21-15-9-17(19-11-24-7-8-25-19)26-12-18(15)29-30-21/h1-12H,(H,27,28)(H,29,30). The number of aromatic amines is 2. The zero-order valence-electron chi connectivity index (χ0n) is 15.6. The first-order valence-electron chi connectivity index (χ1n) is 9.37. The van der Waals surface area contributed by atoms with Gasteiger partial charge in [0.25, 0.3) is 0 Å². The molecule has 0 aliphatic rings. The number of pyridine rings is 2. The van der Waals surface area contributed by atoms with Crippen LogP contribution in [0.1, 0.15) is 0 Å². The first kappa shape index (κ1) is 16.5. The van der Waals surface area contributed by atoms with E-state index in [9.17, 15) is 0 Å². The van der Waals surface area contributed by atoms with Crippen molar-refractivity contribution in [1.82, 2.24) is 40.1 Å². The summed E-state index contributed by atoms with van der Waals surface area (Å²) in [6, 6.07) is 12.0. The number of nitrogens with one attached hydrogen (secondary N) is 2. The van der Waals surface area contributed by atoms with Crippen LogP contribution in [0.3, 0.4) is 0 Å². The molecular weight excluding hydrogens is 376 g/mol. The highest BCUT2D eigenvalue weighted by Gasteiger charge is 2.16. The molecule has 6 aromatic rings. The second-order valence-corrected chi connectivity index (χ2v) is 6.81. The topological polar surface area (TPSA) is 109 Å². The summed E-state index contributed by atoms with van der Waals surface area (Å²) in [6.07, 6.45) is 10.3. The van der Waals surface area contributed by atoms with E-state index < -0.39 is 0 Å². The molecule has 5 heterocycles. The molecule has 0 bridgehead atoms. The predicted octanol–water partition coefficient (Wildman–Crippen LogP) is 4.02. The zero-order valence-corrected chi connectivity index (χ0v) is 15.6. The molecule has 142 valence electrons. The Kier molecular flexibility index (Phi) is 3.60. The van der Waals surface area contributed by atoms with E-state index in [1.54, 1.807) is 31.0 Å². The number of para-hydroxylation sites is 1. The Balaban J connectivity index is 1.52.